The van der Waals surface area contributed by atoms with Crippen molar-refractivity contribution in [2.45, 2.75) is 24.4 Å². The number of rotatable bonds is 7. The molecule has 0 saturated carbocycles. The highest BCUT2D eigenvalue weighted by molar-refractivity contribution is 7.98. The lowest BCUT2D eigenvalue weighted by Gasteiger charge is -2.06. The maximum absolute atomic E-state index is 13.1. The Morgan fingerprint density at radius 1 is 1.25 bits per heavy atom. The van der Waals surface area contributed by atoms with Crippen LogP contribution in [-0.4, -0.2) is 19.7 Å². The van der Waals surface area contributed by atoms with Crippen molar-refractivity contribution in [2.75, 3.05) is 0 Å². The van der Waals surface area contributed by atoms with Crippen molar-refractivity contribution < 1.29 is 8.81 Å². The molecule has 0 spiro atoms. The molecule has 0 unspecified atom stereocenters. The van der Waals surface area contributed by atoms with E-state index in [1.54, 1.807) is 41.5 Å². The van der Waals surface area contributed by atoms with Gasteiger partial charge in [-0.2, -0.15) is 0 Å². The molecule has 0 aliphatic carbocycles. The molecule has 0 atom stereocenters. The average molecular weight is 413 g/mol. The number of allylic oxidation sites excluding steroid dienone is 1. The van der Waals surface area contributed by atoms with Crippen molar-refractivity contribution in [3.63, 3.8) is 0 Å². The fourth-order valence-electron chi connectivity index (χ4n) is 2.74. The molecular formula is C20H17FN4OS2. The van der Waals surface area contributed by atoms with Gasteiger partial charge in [-0.15, -0.1) is 28.1 Å². The summed E-state index contributed by atoms with van der Waals surface area (Å²) in [7, 11) is 0. The van der Waals surface area contributed by atoms with Crippen LogP contribution in [0.1, 0.15) is 11.5 Å². The predicted molar refractivity (Wildman–Crippen MR) is 110 cm³/mol. The van der Waals surface area contributed by atoms with Gasteiger partial charge in [0.05, 0.1) is 17.5 Å². The molecule has 4 rings (SSSR count). The van der Waals surface area contributed by atoms with Crippen LogP contribution in [0.25, 0.3) is 22.0 Å². The number of hydrogen-bond acceptors (Lipinski definition) is 6. The first kappa shape index (κ1) is 18.6. The third-order valence-electron chi connectivity index (χ3n) is 4.12. The van der Waals surface area contributed by atoms with Crippen molar-refractivity contribution in [1.29, 1.82) is 0 Å². The van der Waals surface area contributed by atoms with Crippen molar-refractivity contribution in [3.05, 3.63) is 71.9 Å². The zero-order chi connectivity index (χ0) is 19.5. The fourth-order valence-corrected chi connectivity index (χ4v) is 4.51. The summed E-state index contributed by atoms with van der Waals surface area (Å²) in [5.74, 6) is 1.98. The summed E-state index contributed by atoms with van der Waals surface area (Å²) in [6, 6.07) is 8.27. The molecular weight excluding hydrogens is 395 g/mol. The van der Waals surface area contributed by atoms with Crippen LogP contribution in [0.4, 0.5) is 4.39 Å². The van der Waals surface area contributed by atoms with E-state index in [2.05, 4.69) is 21.8 Å². The van der Waals surface area contributed by atoms with E-state index in [-0.39, 0.29) is 5.82 Å². The number of hydrogen-bond donors (Lipinski definition) is 0. The van der Waals surface area contributed by atoms with Gasteiger partial charge in [-0.1, -0.05) is 17.8 Å². The topological polar surface area (TPSA) is 56.7 Å². The lowest BCUT2D eigenvalue weighted by molar-refractivity contribution is 0.534. The summed E-state index contributed by atoms with van der Waals surface area (Å²) in [5, 5.41) is 12.4. The third kappa shape index (κ3) is 3.79. The first-order valence-corrected chi connectivity index (χ1v) is 10.4. The summed E-state index contributed by atoms with van der Waals surface area (Å²) >= 11 is 3.12. The molecule has 0 aliphatic heterocycles. The van der Waals surface area contributed by atoms with Gasteiger partial charge in [0.1, 0.15) is 16.6 Å². The molecule has 0 N–H and O–H groups in total. The van der Waals surface area contributed by atoms with Gasteiger partial charge >= 0.3 is 0 Å². The van der Waals surface area contributed by atoms with E-state index >= 15 is 0 Å². The van der Waals surface area contributed by atoms with Crippen LogP contribution in [0.2, 0.25) is 0 Å². The quantitative estimate of drug-likeness (QED) is 0.293. The SMILES string of the molecule is C=CCn1c(SCc2csc(-c3ccc(F)cc3)n2)nnc1-c1ccoc1C. The highest BCUT2D eigenvalue weighted by Crippen LogP contribution is 2.30. The van der Waals surface area contributed by atoms with Crippen LogP contribution < -0.4 is 0 Å². The summed E-state index contributed by atoms with van der Waals surface area (Å²) in [4.78, 5) is 4.65. The average Bonchev–Trinajstić information content (AvgIpc) is 3.41. The number of furan rings is 1. The van der Waals surface area contributed by atoms with Gasteiger partial charge in [-0.05, 0) is 37.3 Å². The van der Waals surface area contributed by atoms with Crippen LogP contribution in [0.15, 0.2) is 64.2 Å². The number of benzene rings is 1. The Hall–Kier alpha value is -2.71. The first-order valence-electron chi connectivity index (χ1n) is 8.57. The van der Waals surface area contributed by atoms with Gasteiger partial charge in [0.25, 0.3) is 0 Å². The van der Waals surface area contributed by atoms with Crippen molar-refractivity contribution in [2.24, 2.45) is 0 Å². The van der Waals surface area contributed by atoms with E-state index in [1.807, 2.05) is 29.0 Å². The maximum Gasteiger partial charge on any atom is 0.192 e. The molecule has 0 aliphatic rings. The lowest BCUT2D eigenvalue weighted by Crippen LogP contribution is -2.00. The minimum absolute atomic E-state index is 0.249. The van der Waals surface area contributed by atoms with Crippen molar-refractivity contribution in [3.8, 4) is 22.0 Å². The van der Waals surface area contributed by atoms with Crippen LogP contribution in [-0.2, 0) is 12.3 Å². The van der Waals surface area contributed by atoms with Crippen LogP contribution >= 0.6 is 23.1 Å². The zero-order valence-electron chi connectivity index (χ0n) is 15.1. The largest absolute Gasteiger partial charge is 0.469 e. The maximum atomic E-state index is 13.1. The van der Waals surface area contributed by atoms with E-state index in [0.717, 1.165) is 38.6 Å². The van der Waals surface area contributed by atoms with Gasteiger partial charge in [-0.3, -0.25) is 4.57 Å². The molecule has 8 heteroatoms. The fraction of sp³-hybridized carbons (Fsp3) is 0.150. The van der Waals surface area contributed by atoms with Gasteiger partial charge in [0, 0.05) is 23.2 Å². The molecule has 0 saturated heterocycles. The van der Waals surface area contributed by atoms with Gasteiger partial charge in [-0.25, -0.2) is 9.37 Å². The first-order chi connectivity index (χ1) is 13.7. The second kappa shape index (κ2) is 8.12. The minimum atomic E-state index is -0.249. The van der Waals surface area contributed by atoms with Crippen molar-refractivity contribution >= 4 is 23.1 Å². The van der Waals surface area contributed by atoms with Crippen LogP contribution in [0, 0.1) is 12.7 Å². The molecule has 3 aromatic heterocycles. The van der Waals surface area contributed by atoms with Crippen LogP contribution in [0.3, 0.4) is 0 Å². The molecule has 4 aromatic rings. The number of thioether (sulfide) groups is 1. The van der Waals surface area contributed by atoms with E-state index in [0.29, 0.717) is 12.3 Å². The van der Waals surface area contributed by atoms with E-state index in [4.69, 9.17) is 4.42 Å². The zero-order valence-corrected chi connectivity index (χ0v) is 16.8. The summed E-state index contributed by atoms with van der Waals surface area (Å²) < 4.78 is 20.5. The van der Waals surface area contributed by atoms with E-state index < -0.39 is 0 Å². The molecule has 28 heavy (non-hydrogen) atoms. The van der Waals surface area contributed by atoms with Gasteiger partial charge in [0.15, 0.2) is 11.0 Å². The molecule has 5 nitrogen and oxygen atoms in total. The number of aryl methyl sites for hydroxylation is 1. The molecule has 3 heterocycles. The second-order valence-corrected chi connectivity index (χ2v) is 7.84. The summed E-state index contributed by atoms with van der Waals surface area (Å²) in [6.07, 6.45) is 3.47. The van der Waals surface area contributed by atoms with Gasteiger partial charge in [0.2, 0.25) is 0 Å². The number of aromatic nitrogens is 4. The molecule has 142 valence electrons. The van der Waals surface area contributed by atoms with Crippen molar-refractivity contribution in [1.82, 2.24) is 19.7 Å². The Bertz CT molecular complexity index is 1100. The second-order valence-electron chi connectivity index (χ2n) is 6.04. The number of nitrogens with zero attached hydrogens (tertiary/aromatic N) is 4. The standard InChI is InChI=1S/C20H17FN4OS2/c1-3-9-25-18(17-8-10-26-13(17)2)23-24-20(25)28-12-16-11-27-19(22-16)14-4-6-15(21)7-5-14/h3-8,10-11H,1,9,12H2,2H3. The van der Waals surface area contributed by atoms with Gasteiger partial charge < -0.3 is 4.42 Å². The summed E-state index contributed by atoms with van der Waals surface area (Å²) in [6.45, 7) is 6.34. The molecule has 0 fully saturated rings. The lowest BCUT2D eigenvalue weighted by atomic mass is 10.2. The van der Waals surface area contributed by atoms with E-state index in [1.165, 1.54) is 12.1 Å². The minimum Gasteiger partial charge on any atom is -0.469 e. The monoisotopic (exact) mass is 412 g/mol. The number of thiazole rings is 1. The van der Waals surface area contributed by atoms with Crippen LogP contribution in [0.5, 0.6) is 0 Å². The molecule has 0 bridgehead atoms. The predicted octanol–water partition coefficient (Wildman–Crippen LogP) is 5.59. The Morgan fingerprint density at radius 3 is 2.79 bits per heavy atom. The Labute approximate surface area is 170 Å². The number of halogens is 1. The summed E-state index contributed by atoms with van der Waals surface area (Å²) in [5.41, 5.74) is 2.78. The third-order valence-corrected chi connectivity index (χ3v) is 6.06. The Morgan fingerprint density at radius 2 is 2.07 bits per heavy atom. The highest BCUT2D eigenvalue weighted by Gasteiger charge is 2.17. The highest BCUT2D eigenvalue weighted by atomic mass is 32.2. The van der Waals surface area contributed by atoms with E-state index in [9.17, 15) is 4.39 Å². The normalized spacial score (nSPS) is 11.1. The molecule has 0 amide bonds. The Balaban J connectivity index is 1.52. The Kier molecular flexibility index (Phi) is 5.40. The smallest absolute Gasteiger partial charge is 0.192 e. The molecule has 0 radical (unpaired) electrons. The molecule has 1 aromatic carbocycles.